The summed E-state index contributed by atoms with van der Waals surface area (Å²) in [5.74, 6) is 0.914. The predicted molar refractivity (Wildman–Crippen MR) is 96.6 cm³/mol. The van der Waals surface area contributed by atoms with Crippen molar-refractivity contribution < 1.29 is 8.42 Å². The lowest BCUT2D eigenvalue weighted by Crippen LogP contribution is -2.43. The van der Waals surface area contributed by atoms with Crippen LogP contribution in [0.3, 0.4) is 0 Å². The topological polar surface area (TPSA) is 62.3 Å². The highest BCUT2D eigenvalue weighted by molar-refractivity contribution is 7.90. The van der Waals surface area contributed by atoms with Gasteiger partial charge < -0.3 is 5.32 Å². The number of piperidine rings is 1. The van der Waals surface area contributed by atoms with Crippen molar-refractivity contribution in [3.05, 3.63) is 35.9 Å². The van der Waals surface area contributed by atoms with Gasteiger partial charge in [0.1, 0.15) is 5.82 Å². The standard InChI is InChI=1S/C18H23N3O2S/c1-13-12-14-4-2-3-5-17(14)20-18(13)19-15-8-10-21(11-9-15)24(22,23)16-6-7-16/h2-5,12,15-16H,6-11H2,1H3,(H,19,20). The number of fused-ring (bicyclic) bond motifs is 1. The molecule has 0 radical (unpaired) electrons. The molecule has 2 aliphatic rings. The van der Waals surface area contributed by atoms with Crippen LogP contribution in [0.2, 0.25) is 0 Å². The minimum absolute atomic E-state index is 0.105. The van der Waals surface area contributed by atoms with Crippen molar-refractivity contribution in [1.82, 2.24) is 9.29 Å². The van der Waals surface area contributed by atoms with Crippen molar-refractivity contribution in [1.29, 1.82) is 0 Å². The van der Waals surface area contributed by atoms with Gasteiger partial charge in [-0.05, 0) is 50.3 Å². The Morgan fingerprint density at radius 1 is 1.12 bits per heavy atom. The van der Waals surface area contributed by atoms with Gasteiger partial charge in [-0.2, -0.15) is 0 Å². The quantitative estimate of drug-likeness (QED) is 0.925. The number of hydrogen-bond donors (Lipinski definition) is 1. The zero-order valence-electron chi connectivity index (χ0n) is 13.9. The molecule has 0 spiro atoms. The van der Waals surface area contributed by atoms with Crippen LogP contribution >= 0.6 is 0 Å². The zero-order chi connectivity index (χ0) is 16.7. The first-order valence-electron chi connectivity index (χ1n) is 8.66. The highest BCUT2D eigenvalue weighted by Crippen LogP contribution is 2.32. The lowest BCUT2D eigenvalue weighted by atomic mass is 10.1. The number of aromatic nitrogens is 1. The second-order valence-corrected chi connectivity index (χ2v) is 9.12. The van der Waals surface area contributed by atoms with Crippen LogP contribution in [0.5, 0.6) is 0 Å². The Morgan fingerprint density at radius 2 is 1.83 bits per heavy atom. The molecule has 128 valence electrons. The van der Waals surface area contributed by atoms with Crippen LogP contribution < -0.4 is 5.32 Å². The van der Waals surface area contributed by atoms with Gasteiger partial charge in [-0.1, -0.05) is 18.2 Å². The molecular formula is C18H23N3O2S. The third kappa shape index (κ3) is 3.00. The highest BCUT2D eigenvalue weighted by Gasteiger charge is 2.41. The first kappa shape index (κ1) is 15.8. The summed E-state index contributed by atoms with van der Waals surface area (Å²) < 4.78 is 26.3. The van der Waals surface area contributed by atoms with Gasteiger partial charge in [0.25, 0.3) is 0 Å². The summed E-state index contributed by atoms with van der Waals surface area (Å²) in [6.45, 7) is 3.29. The number of rotatable bonds is 4. The largest absolute Gasteiger partial charge is 0.367 e. The fourth-order valence-corrected chi connectivity index (χ4v) is 5.27. The van der Waals surface area contributed by atoms with E-state index in [1.165, 1.54) is 0 Å². The number of nitrogens with one attached hydrogen (secondary N) is 1. The van der Waals surface area contributed by atoms with E-state index in [1.807, 2.05) is 18.2 Å². The summed E-state index contributed by atoms with van der Waals surface area (Å²) in [7, 11) is -3.03. The molecule has 4 rings (SSSR count). The maximum atomic E-state index is 12.3. The van der Waals surface area contributed by atoms with E-state index in [9.17, 15) is 8.42 Å². The molecule has 5 nitrogen and oxygen atoms in total. The van der Waals surface area contributed by atoms with Gasteiger partial charge in [-0.3, -0.25) is 0 Å². The molecule has 6 heteroatoms. The van der Waals surface area contributed by atoms with E-state index >= 15 is 0 Å². The second kappa shape index (κ2) is 6.01. The number of sulfonamides is 1. The molecular weight excluding hydrogens is 322 g/mol. The molecule has 2 aromatic rings. The summed E-state index contributed by atoms with van der Waals surface area (Å²) in [5, 5.41) is 4.56. The molecule has 1 saturated heterocycles. The summed E-state index contributed by atoms with van der Waals surface area (Å²) in [6.07, 6.45) is 3.33. The van der Waals surface area contributed by atoms with Crippen molar-refractivity contribution in [3.63, 3.8) is 0 Å². The molecule has 2 fully saturated rings. The van der Waals surface area contributed by atoms with Crippen LogP contribution in [0.1, 0.15) is 31.2 Å². The van der Waals surface area contributed by atoms with Crippen LogP contribution in [0.25, 0.3) is 10.9 Å². The number of aryl methyl sites for hydroxylation is 1. The average molecular weight is 345 g/mol. The monoisotopic (exact) mass is 345 g/mol. The number of para-hydroxylation sites is 1. The smallest absolute Gasteiger partial charge is 0.216 e. The Morgan fingerprint density at radius 3 is 2.54 bits per heavy atom. The van der Waals surface area contributed by atoms with Gasteiger partial charge in [0.2, 0.25) is 10.0 Å². The lowest BCUT2D eigenvalue weighted by molar-refractivity contribution is 0.329. The van der Waals surface area contributed by atoms with Crippen molar-refractivity contribution >= 4 is 26.7 Å². The number of benzene rings is 1. The van der Waals surface area contributed by atoms with Gasteiger partial charge in [0.15, 0.2) is 0 Å². The third-order valence-corrected chi connectivity index (χ3v) is 7.41. The van der Waals surface area contributed by atoms with Crippen molar-refractivity contribution in [2.45, 2.75) is 43.9 Å². The van der Waals surface area contributed by atoms with E-state index in [0.717, 1.165) is 48.0 Å². The van der Waals surface area contributed by atoms with Crippen molar-refractivity contribution in [3.8, 4) is 0 Å². The number of pyridine rings is 1. The normalized spacial score (nSPS) is 20.4. The fraction of sp³-hybridized carbons (Fsp3) is 0.500. The second-order valence-electron chi connectivity index (χ2n) is 6.91. The van der Waals surface area contributed by atoms with E-state index in [0.29, 0.717) is 13.1 Å². The fourth-order valence-electron chi connectivity index (χ4n) is 3.39. The summed E-state index contributed by atoms with van der Waals surface area (Å²) >= 11 is 0. The number of nitrogens with zero attached hydrogens (tertiary/aromatic N) is 2. The van der Waals surface area contributed by atoms with Gasteiger partial charge in [0.05, 0.1) is 10.8 Å². The molecule has 1 N–H and O–H groups in total. The van der Waals surface area contributed by atoms with E-state index in [2.05, 4.69) is 24.4 Å². The van der Waals surface area contributed by atoms with Crippen LogP contribution in [0.15, 0.2) is 30.3 Å². The lowest BCUT2D eigenvalue weighted by Gasteiger charge is -2.32. The molecule has 0 unspecified atom stereocenters. The maximum absolute atomic E-state index is 12.3. The summed E-state index contributed by atoms with van der Waals surface area (Å²) in [5.41, 5.74) is 2.11. The third-order valence-electron chi connectivity index (χ3n) is 5.01. The van der Waals surface area contributed by atoms with Crippen LogP contribution in [0, 0.1) is 6.92 Å². The minimum Gasteiger partial charge on any atom is -0.367 e. The first-order chi connectivity index (χ1) is 11.5. The molecule has 0 bridgehead atoms. The predicted octanol–water partition coefficient (Wildman–Crippen LogP) is 2.91. The molecule has 24 heavy (non-hydrogen) atoms. The average Bonchev–Trinajstić information content (AvgIpc) is 3.41. The van der Waals surface area contributed by atoms with Crippen LogP contribution in [-0.2, 0) is 10.0 Å². The Hall–Kier alpha value is -1.66. The van der Waals surface area contributed by atoms with Gasteiger partial charge in [-0.25, -0.2) is 17.7 Å². The van der Waals surface area contributed by atoms with Crippen LogP contribution in [-0.4, -0.2) is 42.1 Å². The maximum Gasteiger partial charge on any atom is 0.216 e. The Balaban J connectivity index is 1.44. The molecule has 1 saturated carbocycles. The molecule has 1 aromatic heterocycles. The summed E-state index contributed by atoms with van der Waals surface area (Å²) in [4.78, 5) is 4.73. The molecule has 1 aliphatic heterocycles. The molecule has 1 aliphatic carbocycles. The number of hydrogen-bond acceptors (Lipinski definition) is 4. The summed E-state index contributed by atoms with van der Waals surface area (Å²) in [6, 6.07) is 10.5. The van der Waals surface area contributed by atoms with Gasteiger partial charge in [-0.15, -0.1) is 0 Å². The highest BCUT2D eigenvalue weighted by atomic mass is 32.2. The Labute approximate surface area is 143 Å². The SMILES string of the molecule is Cc1cc2ccccc2nc1NC1CCN(S(=O)(=O)C2CC2)CC1. The van der Waals surface area contributed by atoms with Crippen molar-refractivity contribution in [2.75, 3.05) is 18.4 Å². The first-order valence-corrected chi connectivity index (χ1v) is 10.2. The van der Waals surface area contributed by atoms with E-state index in [-0.39, 0.29) is 11.3 Å². The molecule has 0 atom stereocenters. The van der Waals surface area contributed by atoms with Crippen molar-refractivity contribution in [2.24, 2.45) is 0 Å². The van der Waals surface area contributed by atoms with E-state index in [1.54, 1.807) is 4.31 Å². The van der Waals surface area contributed by atoms with Crippen LogP contribution in [0.4, 0.5) is 5.82 Å². The molecule has 0 amide bonds. The van der Waals surface area contributed by atoms with E-state index < -0.39 is 10.0 Å². The Bertz CT molecular complexity index is 854. The molecule has 2 heterocycles. The minimum atomic E-state index is -3.03. The molecule has 1 aromatic carbocycles. The Kier molecular flexibility index (Phi) is 3.96. The zero-order valence-corrected chi connectivity index (χ0v) is 14.7. The van der Waals surface area contributed by atoms with E-state index in [4.69, 9.17) is 4.98 Å². The van der Waals surface area contributed by atoms with Gasteiger partial charge >= 0.3 is 0 Å². The number of anilines is 1. The van der Waals surface area contributed by atoms with Gasteiger partial charge in [0, 0.05) is 24.5 Å².